The minimum atomic E-state index is -0.791. The van der Waals surface area contributed by atoms with E-state index in [2.05, 4.69) is 9.97 Å². The lowest BCUT2D eigenvalue weighted by atomic mass is 10.1. The van der Waals surface area contributed by atoms with E-state index >= 15 is 0 Å². The van der Waals surface area contributed by atoms with E-state index in [1.165, 1.54) is 12.1 Å². The summed E-state index contributed by atoms with van der Waals surface area (Å²) in [6.45, 7) is 0. The molecule has 0 saturated carbocycles. The van der Waals surface area contributed by atoms with Crippen LogP contribution in [0.25, 0.3) is 22.3 Å². The fraction of sp³-hybridized carbons (Fsp3) is 0. The number of carbonyl (C=O) groups excluding carboxylic acids is 1. The van der Waals surface area contributed by atoms with Crippen molar-refractivity contribution in [1.82, 2.24) is 9.97 Å². The van der Waals surface area contributed by atoms with Gasteiger partial charge in [-0.3, -0.25) is 15.1 Å². The summed E-state index contributed by atoms with van der Waals surface area (Å²) in [7, 11) is 0. The van der Waals surface area contributed by atoms with Crippen molar-refractivity contribution in [2.75, 3.05) is 0 Å². The number of rotatable bonds is 4. The van der Waals surface area contributed by atoms with Crippen LogP contribution in [-0.4, -0.2) is 20.9 Å². The van der Waals surface area contributed by atoms with Gasteiger partial charge in [0.15, 0.2) is 0 Å². The number of benzene rings is 3. The zero-order valence-corrected chi connectivity index (χ0v) is 15.5. The van der Waals surface area contributed by atoms with Gasteiger partial charge in [-0.05, 0) is 30.3 Å². The third-order valence-electron chi connectivity index (χ3n) is 4.17. The number of non-ortho nitro benzene ring substituents is 1. The van der Waals surface area contributed by atoms with Gasteiger partial charge < -0.3 is 4.74 Å². The molecule has 0 N–H and O–H groups in total. The third-order valence-corrected chi connectivity index (χ3v) is 4.50. The van der Waals surface area contributed by atoms with Crippen LogP contribution in [0, 0.1) is 10.1 Å². The monoisotopic (exact) mass is 405 g/mol. The minimum Gasteiger partial charge on any atom is -0.423 e. The summed E-state index contributed by atoms with van der Waals surface area (Å²) in [6.07, 6.45) is 1.64. The fourth-order valence-corrected chi connectivity index (χ4v) is 2.96. The van der Waals surface area contributed by atoms with Crippen molar-refractivity contribution < 1.29 is 14.5 Å². The van der Waals surface area contributed by atoms with Crippen molar-refractivity contribution in [3.05, 3.63) is 93.6 Å². The van der Waals surface area contributed by atoms with E-state index in [4.69, 9.17) is 16.3 Å². The van der Waals surface area contributed by atoms with Gasteiger partial charge in [0, 0.05) is 17.7 Å². The molecule has 4 aromatic rings. The van der Waals surface area contributed by atoms with E-state index in [0.29, 0.717) is 11.3 Å². The van der Waals surface area contributed by atoms with Gasteiger partial charge in [0.05, 0.1) is 38.4 Å². The summed E-state index contributed by atoms with van der Waals surface area (Å²) in [5, 5.41) is 11.0. The van der Waals surface area contributed by atoms with E-state index in [1.54, 1.807) is 24.4 Å². The van der Waals surface area contributed by atoms with Gasteiger partial charge in [-0.15, -0.1) is 0 Å². The molecule has 3 aromatic carbocycles. The second-order valence-electron chi connectivity index (χ2n) is 6.08. The topological polar surface area (TPSA) is 95.2 Å². The summed E-state index contributed by atoms with van der Waals surface area (Å²) in [4.78, 5) is 31.8. The first-order valence-corrected chi connectivity index (χ1v) is 8.87. The van der Waals surface area contributed by atoms with Crippen LogP contribution >= 0.6 is 11.6 Å². The highest BCUT2D eigenvalue weighted by Gasteiger charge is 2.18. The predicted octanol–water partition coefficient (Wildman–Crippen LogP) is 5.08. The third kappa shape index (κ3) is 3.90. The van der Waals surface area contributed by atoms with E-state index in [1.807, 2.05) is 30.3 Å². The average Bonchev–Trinajstić information content (AvgIpc) is 2.73. The zero-order chi connectivity index (χ0) is 20.4. The molecular formula is C21H12ClN3O4. The number of nitrogens with zero attached hydrogens (tertiary/aromatic N) is 3. The van der Waals surface area contributed by atoms with Crippen LogP contribution in [0.3, 0.4) is 0 Å². The van der Waals surface area contributed by atoms with Crippen LogP contribution in [0.2, 0.25) is 5.02 Å². The number of esters is 1. The molecule has 1 aromatic heterocycles. The first kappa shape index (κ1) is 18.5. The molecule has 0 saturated heterocycles. The van der Waals surface area contributed by atoms with Gasteiger partial charge in [-0.25, -0.2) is 9.78 Å². The zero-order valence-electron chi connectivity index (χ0n) is 14.8. The smallest absolute Gasteiger partial charge is 0.345 e. The highest BCUT2D eigenvalue weighted by atomic mass is 35.5. The van der Waals surface area contributed by atoms with Crippen molar-refractivity contribution in [2.45, 2.75) is 0 Å². The molecule has 0 radical (unpaired) electrons. The Morgan fingerprint density at radius 3 is 2.59 bits per heavy atom. The lowest BCUT2D eigenvalue weighted by Crippen LogP contribution is -2.09. The van der Waals surface area contributed by atoms with Gasteiger partial charge >= 0.3 is 5.97 Å². The second-order valence-corrected chi connectivity index (χ2v) is 6.49. The number of aromatic nitrogens is 2. The Labute approximate surface area is 169 Å². The number of halogens is 1. The molecule has 0 bridgehead atoms. The highest BCUT2D eigenvalue weighted by Crippen LogP contribution is 2.26. The Hall–Kier alpha value is -3.84. The molecule has 29 heavy (non-hydrogen) atoms. The van der Waals surface area contributed by atoms with Crippen LogP contribution in [0.15, 0.2) is 72.9 Å². The van der Waals surface area contributed by atoms with Crippen LogP contribution < -0.4 is 4.74 Å². The number of carbonyl (C=O) groups is 1. The van der Waals surface area contributed by atoms with E-state index in [-0.39, 0.29) is 22.0 Å². The number of nitro benzene ring substituents is 1. The molecule has 142 valence electrons. The Kier molecular flexibility index (Phi) is 4.88. The maximum atomic E-state index is 12.5. The van der Waals surface area contributed by atoms with Gasteiger partial charge in [0.2, 0.25) is 0 Å². The number of nitro groups is 1. The quantitative estimate of drug-likeness (QED) is 0.203. The molecule has 0 spiro atoms. The van der Waals surface area contributed by atoms with Gasteiger partial charge in [0.25, 0.3) is 5.69 Å². The molecule has 1 heterocycles. The number of fused-ring (bicyclic) bond motifs is 1. The van der Waals surface area contributed by atoms with Gasteiger partial charge in [0.1, 0.15) is 5.75 Å². The number of para-hydroxylation sites is 2. The standard InChI is InChI=1S/C21H12ClN3O4/c22-17-9-8-14(25(27)28)11-16(17)21(26)29-15-5-3-4-13(10-15)20-12-23-18-6-1-2-7-19(18)24-20/h1-12H. The van der Waals surface area contributed by atoms with Crippen LogP contribution in [-0.2, 0) is 0 Å². The Bertz CT molecular complexity index is 1260. The minimum absolute atomic E-state index is 0.0668. The molecule has 0 atom stereocenters. The normalized spacial score (nSPS) is 10.7. The van der Waals surface area contributed by atoms with Crippen molar-refractivity contribution in [2.24, 2.45) is 0 Å². The molecule has 0 amide bonds. The molecule has 0 aliphatic heterocycles. The molecule has 7 nitrogen and oxygen atoms in total. The second kappa shape index (κ2) is 7.65. The van der Waals surface area contributed by atoms with Gasteiger partial charge in [-0.1, -0.05) is 35.9 Å². The van der Waals surface area contributed by atoms with Gasteiger partial charge in [-0.2, -0.15) is 0 Å². The summed E-state index contributed by atoms with van der Waals surface area (Å²) < 4.78 is 5.37. The molecule has 0 unspecified atom stereocenters. The van der Waals surface area contributed by atoms with Crippen LogP contribution in [0.4, 0.5) is 5.69 Å². The van der Waals surface area contributed by atoms with E-state index in [0.717, 1.165) is 17.1 Å². The molecular weight excluding hydrogens is 394 g/mol. The maximum absolute atomic E-state index is 12.5. The number of hydrogen-bond donors (Lipinski definition) is 0. The van der Waals surface area contributed by atoms with E-state index < -0.39 is 10.9 Å². The Morgan fingerprint density at radius 2 is 1.79 bits per heavy atom. The SMILES string of the molecule is O=C(Oc1cccc(-c2cnc3ccccc3n2)c1)c1cc([N+](=O)[O-])ccc1Cl. The molecule has 4 rings (SSSR count). The average molecular weight is 406 g/mol. The highest BCUT2D eigenvalue weighted by molar-refractivity contribution is 6.33. The lowest BCUT2D eigenvalue weighted by Gasteiger charge is -2.08. The predicted molar refractivity (Wildman–Crippen MR) is 108 cm³/mol. The molecule has 0 aliphatic carbocycles. The Morgan fingerprint density at radius 1 is 1.00 bits per heavy atom. The molecule has 8 heteroatoms. The number of hydrogen-bond acceptors (Lipinski definition) is 6. The molecule has 0 fully saturated rings. The maximum Gasteiger partial charge on any atom is 0.345 e. The van der Waals surface area contributed by atoms with Crippen molar-refractivity contribution in [1.29, 1.82) is 0 Å². The van der Waals surface area contributed by atoms with Crippen LogP contribution in [0.5, 0.6) is 5.75 Å². The fourth-order valence-electron chi connectivity index (χ4n) is 2.76. The lowest BCUT2D eigenvalue weighted by molar-refractivity contribution is -0.384. The summed E-state index contributed by atoms with van der Waals surface area (Å²) >= 11 is 6.00. The summed E-state index contributed by atoms with van der Waals surface area (Å²) in [5.41, 5.74) is 2.52. The van der Waals surface area contributed by atoms with Crippen LogP contribution in [0.1, 0.15) is 10.4 Å². The number of ether oxygens (including phenoxy) is 1. The first-order valence-electron chi connectivity index (χ1n) is 8.49. The Balaban J connectivity index is 1.63. The van der Waals surface area contributed by atoms with Crippen molar-refractivity contribution in [3.63, 3.8) is 0 Å². The summed E-state index contributed by atoms with van der Waals surface area (Å²) in [5.74, 6) is -0.537. The molecule has 0 aliphatic rings. The van der Waals surface area contributed by atoms with E-state index in [9.17, 15) is 14.9 Å². The summed E-state index contributed by atoms with van der Waals surface area (Å²) in [6, 6.07) is 17.9. The van der Waals surface area contributed by atoms with Crippen molar-refractivity contribution in [3.8, 4) is 17.0 Å². The first-order chi connectivity index (χ1) is 14.0. The van der Waals surface area contributed by atoms with Crippen molar-refractivity contribution >= 4 is 34.3 Å². The largest absolute Gasteiger partial charge is 0.423 e.